The van der Waals surface area contributed by atoms with Crippen LogP contribution in [0.1, 0.15) is 18.9 Å². The van der Waals surface area contributed by atoms with Crippen LogP contribution in [0.15, 0.2) is 30.3 Å². The van der Waals surface area contributed by atoms with E-state index in [0.717, 1.165) is 5.56 Å². The Morgan fingerprint density at radius 3 is 2.71 bits per heavy atom. The normalized spacial score (nSPS) is 27.5. The molecule has 0 radical (unpaired) electrons. The average Bonchev–Trinajstić information content (AvgIpc) is 2.92. The van der Waals surface area contributed by atoms with Crippen LogP contribution in [0.4, 0.5) is 0 Å². The molecule has 2 aliphatic rings. The fraction of sp³-hybridized carbons (Fsp3) is 0.400. The van der Waals surface area contributed by atoms with Gasteiger partial charge in [0.15, 0.2) is 6.10 Å². The minimum absolute atomic E-state index is 0.140. The second-order valence-electron chi connectivity index (χ2n) is 5.21. The van der Waals surface area contributed by atoms with Crippen LogP contribution in [-0.4, -0.2) is 41.0 Å². The molecule has 3 atom stereocenters. The van der Waals surface area contributed by atoms with Crippen molar-refractivity contribution in [2.45, 2.75) is 38.1 Å². The third kappa shape index (κ3) is 2.49. The van der Waals surface area contributed by atoms with Crippen LogP contribution in [0.2, 0.25) is 0 Å². The van der Waals surface area contributed by atoms with Crippen molar-refractivity contribution in [3.8, 4) is 0 Å². The number of hydrogen-bond donors (Lipinski definition) is 0. The molecule has 2 aliphatic heterocycles. The topological polar surface area (TPSA) is 72.9 Å². The molecule has 1 amide bonds. The highest BCUT2D eigenvalue weighted by Crippen LogP contribution is 2.34. The van der Waals surface area contributed by atoms with E-state index in [9.17, 15) is 14.4 Å². The third-order valence-corrected chi connectivity index (χ3v) is 3.74. The fourth-order valence-electron chi connectivity index (χ4n) is 2.86. The Morgan fingerprint density at radius 2 is 2.05 bits per heavy atom. The summed E-state index contributed by atoms with van der Waals surface area (Å²) in [5.74, 6) is -1.24. The number of rotatable bonds is 3. The Kier molecular flexibility index (Phi) is 3.37. The van der Waals surface area contributed by atoms with E-state index >= 15 is 0 Å². The lowest BCUT2D eigenvalue weighted by Gasteiger charge is -2.21. The molecule has 3 rings (SSSR count). The van der Waals surface area contributed by atoms with E-state index in [1.165, 1.54) is 6.92 Å². The van der Waals surface area contributed by atoms with Crippen LogP contribution in [-0.2, 0) is 30.4 Å². The molecular formula is C15H15NO5. The van der Waals surface area contributed by atoms with Crippen molar-refractivity contribution in [2.75, 3.05) is 0 Å². The van der Waals surface area contributed by atoms with Gasteiger partial charge in [0.2, 0.25) is 6.10 Å². The minimum atomic E-state index is -1.03. The first kappa shape index (κ1) is 13.6. The number of benzene rings is 1. The summed E-state index contributed by atoms with van der Waals surface area (Å²) >= 11 is 0. The molecule has 6 nitrogen and oxygen atoms in total. The molecule has 6 heteroatoms. The van der Waals surface area contributed by atoms with Gasteiger partial charge < -0.3 is 14.4 Å². The number of carbonyl (C=O) groups is 3. The molecule has 0 aliphatic carbocycles. The van der Waals surface area contributed by atoms with E-state index in [4.69, 9.17) is 9.47 Å². The maximum absolute atomic E-state index is 12.4. The van der Waals surface area contributed by atoms with Gasteiger partial charge in [-0.15, -0.1) is 0 Å². The van der Waals surface area contributed by atoms with E-state index in [2.05, 4.69) is 0 Å². The summed E-state index contributed by atoms with van der Waals surface area (Å²) < 4.78 is 10.2. The van der Waals surface area contributed by atoms with Crippen LogP contribution in [0.3, 0.4) is 0 Å². The lowest BCUT2D eigenvalue weighted by atomic mass is 10.1. The molecule has 2 fully saturated rings. The van der Waals surface area contributed by atoms with Gasteiger partial charge in [0.05, 0.1) is 12.5 Å². The Balaban J connectivity index is 1.84. The monoisotopic (exact) mass is 289 g/mol. The smallest absolute Gasteiger partial charge is 0.308 e. The first-order valence-corrected chi connectivity index (χ1v) is 6.77. The Hall–Kier alpha value is -2.37. The largest absolute Gasteiger partial charge is 0.456 e. The van der Waals surface area contributed by atoms with Crippen LogP contribution in [0, 0.1) is 0 Å². The number of fused-ring (bicyclic) bond motifs is 1. The molecule has 0 spiro atoms. The van der Waals surface area contributed by atoms with Gasteiger partial charge in [-0.1, -0.05) is 30.3 Å². The quantitative estimate of drug-likeness (QED) is 0.764. The maximum Gasteiger partial charge on any atom is 0.308 e. The first-order valence-electron chi connectivity index (χ1n) is 6.77. The molecule has 0 N–H and O–H groups in total. The molecule has 0 aromatic heterocycles. The van der Waals surface area contributed by atoms with Crippen LogP contribution in [0.25, 0.3) is 0 Å². The molecule has 0 bridgehead atoms. The first-order chi connectivity index (χ1) is 10.1. The maximum atomic E-state index is 12.4. The Labute approximate surface area is 121 Å². The van der Waals surface area contributed by atoms with E-state index in [0.29, 0.717) is 6.54 Å². The zero-order valence-corrected chi connectivity index (χ0v) is 11.5. The lowest BCUT2D eigenvalue weighted by molar-refractivity contribution is -0.163. The zero-order valence-electron chi connectivity index (χ0n) is 11.5. The number of hydrogen-bond acceptors (Lipinski definition) is 5. The average molecular weight is 289 g/mol. The van der Waals surface area contributed by atoms with Crippen LogP contribution in [0.5, 0.6) is 0 Å². The van der Waals surface area contributed by atoms with Crippen molar-refractivity contribution >= 4 is 17.8 Å². The van der Waals surface area contributed by atoms with Gasteiger partial charge in [-0.2, -0.15) is 0 Å². The highest BCUT2D eigenvalue weighted by Gasteiger charge is 2.56. The minimum Gasteiger partial charge on any atom is -0.456 e. The second kappa shape index (κ2) is 5.20. The van der Waals surface area contributed by atoms with E-state index in [1.54, 1.807) is 4.90 Å². The van der Waals surface area contributed by atoms with Crippen molar-refractivity contribution in [3.05, 3.63) is 35.9 Å². The molecule has 0 saturated carbocycles. The fourth-order valence-corrected chi connectivity index (χ4v) is 2.86. The molecule has 110 valence electrons. The predicted octanol–water partition coefficient (Wildman–Crippen LogP) is 0.645. The second-order valence-corrected chi connectivity index (χ2v) is 5.21. The lowest BCUT2D eigenvalue weighted by Crippen LogP contribution is -2.36. The molecule has 1 aromatic carbocycles. The van der Waals surface area contributed by atoms with Gasteiger partial charge in [-0.3, -0.25) is 14.4 Å². The Bertz CT molecular complexity index is 585. The van der Waals surface area contributed by atoms with Crippen LogP contribution >= 0.6 is 0 Å². The molecule has 0 unspecified atom stereocenters. The van der Waals surface area contributed by atoms with E-state index < -0.39 is 18.2 Å². The zero-order chi connectivity index (χ0) is 15.0. The molecule has 1 aromatic rings. The van der Waals surface area contributed by atoms with Crippen molar-refractivity contribution in [1.82, 2.24) is 4.90 Å². The summed E-state index contributed by atoms with van der Waals surface area (Å²) in [6.07, 6.45) is -1.58. The Morgan fingerprint density at radius 1 is 1.33 bits per heavy atom. The van der Waals surface area contributed by atoms with Gasteiger partial charge in [-0.25, -0.2) is 0 Å². The van der Waals surface area contributed by atoms with Gasteiger partial charge in [0.1, 0.15) is 0 Å². The molecular weight excluding hydrogens is 274 g/mol. The summed E-state index contributed by atoms with van der Waals surface area (Å²) in [5.41, 5.74) is 0.951. The molecule has 21 heavy (non-hydrogen) atoms. The van der Waals surface area contributed by atoms with Crippen molar-refractivity contribution in [2.24, 2.45) is 0 Å². The highest BCUT2D eigenvalue weighted by molar-refractivity contribution is 5.90. The van der Waals surface area contributed by atoms with Crippen molar-refractivity contribution < 1.29 is 23.9 Å². The third-order valence-electron chi connectivity index (χ3n) is 3.74. The summed E-state index contributed by atoms with van der Waals surface area (Å²) in [6, 6.07) is 9.09. The number of carbonyl (C=O) groups excluding carboxylic acids is 3. The van der Waals surface area contributed by atoms with Gasteiger partial charge in [0.25, 0.3) is 5.91 Å². The number of esters is 2. The van der Waals surface area contributed by atoms with Gasteiger partial charge in [-0.05, 0) is 5.56 Å². The van der Waals surface area contributed by atoms with Crippen LogP contribution < -0.4 is 0 Å². The highest BCUT2D eigenvalue weighted by atomic mass is 16.6. The SMILES string of the molecule is CC(=O)O[C@@H]1C(=O)N(Cc2ccccc2)[C@@H]2CC(=O)O[C@H]12. The predicted molar refractivity (Wildman–Crippen MR) is 70.8 cm³/mol. The van der Waals surface area contributed by atoms with Crippen molar-refractivity contribution in [1.29, 1.82) is 0 Å². The number of ether oxygens (including phenoxy) is 2. The summed E-state index contributed by atoms with van der Waals surface area (Å²) in [6.45, 7) is 1.61. The van der Waals surface area contributed by atoms with E-state index in [1.807, 2.05) is 30.3 Å². The molecule has 2 heterocycles. The molecule has 2 saturated heterocycles. The van der Waals surface area contributed by atoms with Crippen molar-refractivity contribution in [3.63, 3.8) is 0 Å². The number of amides is 1. The number of likely N-dealkylation sites (tertiary alicyclic amines) is 1. The van der Waals surface area contributed by atoms with E-state index in [-0.39, 0.29) is 24.3 Å². The van der Waals surface area contributed by atoms with Gasteiger partial charge in [0, 0.05) is 13.5 Å². The van der Waals surface area contributed by atoms with Gasteiger partial charge >= 0.3 is 11.9 Å². The number of nitrogens with zero attached hydrogens (tertiary/aromatic N) is 1. The summed E-state index contributed by atoms with van der Waals surface area (Å²) in [5, 5.41) is 0. The standard InChI is InChI=1S/C15H15NO5/c1-9(17)20-14-13-11(7-12(18)21-13)16(15(14)19)8-10-5-3-2-4-6-10/h2-6,11,13-14H,7-8H2,1H3/t11-,13+,14+/m1/s1. The summed E-state index contributed by atoms with van der Waals surface area (Å²) in [4.78, 5) is 36.6. The summed E-state index contributed by atoms with van der Waals surface area (Å²) in [7, 11) is 0.